The second kappa shape index (κ2) is 9.35. The highest BCUT2D eigenvalue weighted by molar-refractivity contribution is 7.14. The molecule has 9 heteroatoms. The first-order chi connectivity index (χ1) is 15.4. The van der Waals surface area contributed by atoms with Gasteiger partial charge in [0, 0.05) is 45.0 Å². The van der Waals surface area contributed by atoms with E-state index in [2.05, 4.69) is 24.3 Å². The molecule has 0 bridgehead atoms. The van der Waals surface area contributed by atoms with Crippen LogP contribution in [0.15, 0.2) is 41.5 Å². The molecule has 0 radical (unpaired) electrons. The quantitative estimate of drug-likeness (QED) is 0.511. The molecule has 1 atom stereocenters. The van der Waals surface area contributed by atoms with Crippen molar-refractivity contribution in [3.8, 4) is 5.75 Å². The lowest BCUT2D eigenvalue weighted by molar-refractivity contribution is 0.0143. The standard InChI is InChI=1S/C23H28N5O3P/c1-4-16-9-20-21(26(3)22(16)29)8-15(10-24-20)12-27-13-18(14-27)31-17-6-7-19(25-11-17)23(30)28(32)5-2/h6-11,18H,4-5,12-14,32H2,1-3H3. The third kappa shape index (κ3) is 4.52. The fourth-order valence-corrected chi connectivity index (χ4v) is 3.95. The number of pyridine rings is 3. The molecule has 1 fully saturated rings. The van der Waals surface area contributed by atoms with E-state index in [4.69, 9.17) is 4.74 Å². The zero-order chi connectivity index (χ0) is 22.8. The van der Waals surface area contributed by atoms with Gasteiger partial charge in [0.25, 0.3) is 11.5 Å². The van der Waals surface area contributed by atoms with E-state index in [1.54, 1.807) is 29.9 Å². The maximum Gasteiger partial charge on any atom is 0.275 e. The summed E-state index contributed by atoms with van der Waals surface area (Å²) >= 11 is 0. The topological polar surface area (TPSA) is 80.6 Å². The Morgan fingerprint density at radius 3 is 2.66 bits per heavy atom. The summed E-state index contributed by atoms with van der Waals surface area (Å²) in [6, 6.07) is 7.41. The Kier molecular flexibility index (Phi) is 6.53. The maximum absolute atomic E-state index is 12.4. The molecule has 3 aromatic rings. The number of aryl methyl sites for hydroxylation is 2. The number of carbonyl (C=O) groups is 1. The van der Waals surface area contributed by atoms with Crippen molar-refractivity contribution in [3.63, 3.8) is 0 Å². The monoisotopic (exact) mass is 453 g/mol. The zero-order valence-corrected chi connectivity index (χ0v) is 19.8. The minimum atomic E-state index is -0.133. The Morgan fingerprint density at radius 1 is 1.22 bits per heavy atom. The molecule has 1 amide bonds. The van der Waals surface area contributed by atoms with Gasteiger partial charge in [-0.3, -0.25) is 19.5 Å². The molecule has 3 aromatic heterocycles. The summed E-state index contributed by atoms with van der Waals surface area (Å²) in [5.41, 5.74) is 3.98. The first kappa shape index (κ1) is 22.4. The number of hydrogen-bond acceptors (Lipinski definition) is 6. The van der Waals surface area contributed by atoms with Crippen LogP contribution in [0, 0.1) is 0 Å². The lowest BCUT2D eigenvalue weighted by Crippen LogP contribution is -2.53. The summed E-state index contributed by atoms with van der Waals surface area (Å²) in [5.74, 6) is 0.526. The van der Waals surface area contributed by atoms with E-state index in [1.165, 1.54) is 4.67 Å². The lowest BCUT2D eigenvalue weighted by atomic mass is 10.1. The van der Waals surface area contributed by atoms with Crippen LogP contribution in [-0.4, -0.2) is 55.8 Å². The van der Waals surface area contributed by atoms with Crippen LogP contribution in [0.1, 0.15) is 35.5 Å². The van der Waals surface area contributed by atoms with Gasteiger partial charge in [-0.05, 0) is 52.6 Å². The van der Waals surface area contributed by atoms with E-state index in [0.29, 0.717) is 24.4 Å². The molecule has 1 aliphatic rings. The van der Waals surface area contributed by atoms with Crippen LogP contribution >= 0.6 is 9.39 Å². The van der Waals surface area contributed by atoms with Crippen molar-refractivity contribution >= 4 is 26.3 Å². The number of aromatic nitrogens is 3. The summed E-state index contributed by atoms with van der Waals surface area (Å²) in [4.78, 5) is 35.6. The number of carbonyl (C=O) groups excluding carboxylic acids is 1. The first-order valence-corrected chi connectivity index (χ1v) is 11.3. The zero-order valence-electron chi connectivity index (χ0n) is 18.6. The number of hydrogen-bond donors (Lipinski definition) is 0. The minimum Gasteiger partial charge on any atom is -0.486 e. The highest BCUT2D eigenvalue weighted by Gasteiger charge is 2.28. The average molecular weight is 453 g/mol. The second-order valence-corrected chi connectivity index (χ2v) is 8.66. The number of nitrogens with zero attached hydrogens (tertiary/aromatic N) is 5. The summed E-state index contributed by atoms with van der Waals surface area (Å²) in [6.45, 7) is 6.82. The minimum absolute atomic E-state index is 0.0396. The molecule has 4 heterocycles. The summed E-state index contributed by atoms with van der Waals surface area (Å²) < 4.78 is 9.20. The van der Waals surface area contributed by atoms with E-state index in [1.807, 2.05) is 32.2 Å². The Hall–Kier alpha value is -2.83. The number of fused-ring (bicyclic) bond motifs is 1. The molecule has 1 unspecified atom stereocenters. The molecule has 1 saturated heterocycles. The van der Waals surface area contributed by atoms with Crippen molar-refractivity contribution < 1.29 is 9.53 Å². The Labute approximate surface area is 189 Å². The Morgan fingerprint density at radius 2 is 2.00 bits per heavy atom. The normalized spacial score (nSPS) is 14.4. The molecule has 4 rings (SSSR count). The molecular formula is C23H28N5O3P. The number of rotatable bonds is 7. The van der Waals surface area contributed by atoms with E-state index in [9.17, 15) is 9.59 Å². The van der Waals surface area contributed by atoms with Gasteiger partial charge in [0.1, 0.15) is 17.5 Å². The van der Waals surface area contributed by atoms with Gasteiger partial charge in [0.2, 0.25) is 0 Å². The molecule has 168 valence electrons. The predicted molar refractivity (Wildman–Crippen MR) is 127 cm³/mol. The van der Waals surface area contributed by atoms with Crippen molar-refractivity contribution in [1.82, 2.24) is 24.1 Å². The molecule has 0 saturated carbocycles. The largest absolute Gasteiger partial charge is 0.486 e. The third-order valence-corrected chi connectivity index (χ3v) is 6.38. The molecule has 0 aliphatic carbocycles. The van der Waals surface area contributed by atoms with Crippen molar-refractivity contribution in [3.05, 3.63) is 63.8 Å². The van der Waals surface area contributed by atoms with Crippen molar-refractivity contribution in [1.29, 1.82) is 0 Å². The highest BCUT2D eigenvalue weighted by atomic mass is 31.0. The number of ether oxygens (including phenoxy) is 1. The maximum atomic E-state index is 12.4. The molecule has 0 aromatic carbocycles. The molecule has 0 spiro atoms. The SMILES string of the molecule is CCc1cc2ncc(CN3CC(Oc4ccc(C(=O)N(P)CC)nc4)C3)cc2n(C)c1=O. The van der Waals surface area contributed by atoms with Gasteiger partial charge in [-0.2, -0.15) is 0 Å². The molecule has 8 nitrogen and oxygen atoms in total. The van der Waals surface area contributed by atoms with E-state index < -0.39 is 0 Å². The van der Waals surface area contributed by atoms with Crippen LogP contribution in [0.5, 0.6) is 5.75 Å². The number of amides is 1. The van der Waals surface area contributed by atoms with Gasteiger partial charge < -0.3 is 14.0 Å². The van der Waals surface area contributed by atoms with Crippen LogP contribution in [0.2, 0.25) is 0 Å². The molecule has 0 N–H and O–H groups in total. The third-order valence-electron chi connectivity index (χ3n) is 5.78. The van der Waals surface area contributed by atoms with Gasteiger partial charge in [-0.15, -0.1) is 0 Å². The van der Waals surface area contributed by atoms with Gasteiger partial charge >= 0.3 is 0 Å². The molecule has 1 aliphatic heterocycles. The lowest BCUT2D eigenvalue weighted by Gasteiger charge is -2.38. The average Bonchev–Trinajstić information content (AvgIpc) is 2.79. The highest BCUT2D eigenvalue weighted by Crippen LogP contribution is 2.21. The fourth-order valence-electron chi connectivity index (χ4n) is 3.82. The summed E-state index contributed by atoms with van der Waals surface area (Å²) in [5, 5.41) is 0. The predicted octanol–water partition coefficient (Wildman–Crippen LogP) is 2.41. The summed E-state index contributed by atoms with van der Waals surface area (Å²) in [6.07, 6.45) is 4.26. The van der Waals surface area contributed by atoms with Gasteiger partial charge in [-0.25, -0.2) is 4.98 Å². The molecule has 32 heavy (non-hydrogen) atoms. The van der Waals surface area contributed by atoms with E-state index in [0.717, 1.165) is 41.8 Å². The Bertz CT molecular complexity index is 1190. The van der Waals surface area contributed by atoms with Gasteiger partial charge in [0.15, 0.2) is 0 Å². The van der Waals surface area contributed by atoms with Crippen LogP contribution in [-0.2, 0) is 20.0 Å². The van der Waals surface area contributed by atoms with Crippen molar-refractivity contribution in [2.45, 2.75) is 32.9 Å². The summed E-state index contributed by atoms with van der Waals surface area (Å²) in [7, 11) is 4.20. The van der Waals surface area contributed by atoms with Crippen LogP contribution in [0.3, 0.4) is 0 Å². The van der Waals surface area contributed by atoms with Crippen LogP contribution < -0.4 is 10.3 Å². The van der Waals surface area contributed by atoms with Crippen molar-refractivity contribution in [2.75, 3.05) is 19.6 Å². The van der Waals surface area contributed by atoms with Crippen LogP contribution in [0.4, 0.5) is 0 Å². The van der Waals surface area contributed by atoms with E-state index in [-0.39, 0.29) is 17.6 Å². The second-order valence-electron chi connectivity index (χ2n) is 8.04. The molecular weight excluding hydrogens is 425 g/mol. The Balaban J connectivity index is 1.34. The van der Waals surface area contributed by atoms with Crippen molar-refractivity contribution in [2.24, 2.45) is 7.05 Å². The van der Waals surface area contributed by atoms with Gasteiger partial charge in [-0.1, -0.05) is 6.92 Å². The smallest absolute Gasteiger partial charge is 0.275 e. The first-order valence-electron chi connectivity index (χ1n) is 10.8. The van der Waals surface area contributed by atoms with E-state index >= 15 is 0 Å². The number of likely N-dealkylation sites (tertiary alicyclic amines) is 1. The van der Waals surface area contributed by atoms with Crippen LogP contribution in [0.25, 0.3) is 11.0 Å². The fraction of sp³-hybridized carbons (Fsp3) is 0.391. The van der Waals surface area contributed by atoms with Gasteiger partial charge in [0.05, 0.1) is 17.2 Å².